The number of nitrogens with zero attached hydrogens (tertiary/aromatic N) is 2. The quantitative estimate of drug-likeness (QED) is 0.482. The number of oxazole rings is 1. The maximum absolute atomic E-state index is 14.6. The van der Waals surface area contributed by atoms with Gasteiger partial charge in [0.15, 0.2) is 11.6 Å². The Bertz CT molecular complexity index is 1080. The molecule has 0 unspecified atom stereocenters. The Balaban J connectivity index is 0.00000400. The first kappa shape index (κ1) is 34.7. The van der Waals surface area contributed by atoms with Crippen LogP contribution in [0.3, 0.4) is 0 Å². The number of allylic oxidation sites excluding steroid dienone is 2. The third-order valence-electron chi connectivity index (χ3n) is 6.68. The van der Waals surface area contributed by atoms with Crippen LogP contribution in [0.2, 0.25) is 0 Å². The summed E-state index contributed by atoms with van der Waals surface area (Å²) < 4.78 is 25.7. The van der Waals surface area contributed by atoms with Crippen molar-refractivity contribution >= 4 is 17.8 Å². The average Bonchev–Trinajstić information content (AvgIpc) is 3.52. The van der Waals surface area contributed by atoms with Crippen LogP contribution in [0.25, 0.3) is 0 Å². The van der Waals surface area contributed by atoms with Crippen LogP contribution in [0.1, 0.15) is 56.9 Å². The topological polar surface area (TPSA) is 185 Å². The summed E-state index contributed by atoms with van der Waals surface area (Å²) in [6.45, 7) is 8.38. The van der Waals surface area contributed by atoms with Gasteiger partial charge in [0.1, 0.15) is 18.5 Å². The van der Waals surface area contributed by atoms with Crippen LogP contribution in [-0.4, -0.2) is 81.7 Å². The van der Waals surface area contributed by atoms with Gasteiger partial charge < -0.3 is 35.4 Å². The van der Waals surface area contributed by atoms with Crippen LogP contribution in [0, 0.1) is 17.8 Å². The van der Waals surface area contributed by atoms with E-state index in [-0.39, 0.29) is 72.2 Å². The minimum atomic E-state index is -1.43. The number of carbonyl (C=O) groups is 3. The van der Waals surface area contributed by atoms with Gasteiger partial charge in [0.25, 0.3) is 5.91 Å². The predicted molar refractivity (Wildman–Crippen MR) is 146 cm³/mol. The molecule has 0 saturated carbocycles. The fourth-order valence-corrected chi connectivity index (χ4v) is 4.66. The number of nitrogens with one attached hydrogen (secondary N) is 1. The van der Waals surface area contributed by atoms with Crippen molar-refractivity contribution < 1.29 is 44.0 Å². The fourth-order valence-electron chi connectivity index (χ4n) is 4.66. The number of alkyl halides is 1. The first-order chi connectivity index (χ1) is 18.0. The van der Waals surface area contributed by atoms with Crippen LogP contribution < -0.4 is 5.32 Å². The molecule has 1 fully saturated rings. The highest BCUT2D eigenvalue weighted by Gasteiger charge is 2.36. The minimum Gasteiger partial charge on any atom is -0.461 e. The number of carbonyl (C=O) groups excluding carboxylic acids is 3. The molecular weight excluding hydrogens is 525 g/mol. The molecule has 11 nitrogen and oxygen atoms in total. The number of amides is 2. The van der Waals surface area contributed by atoms with Crippen LogP contribution in [0.4, 0.5) is 4.39 Å². The van der Waals surface area contributed by atoms with E-state index in [9.17, 15) is 23.9 Å². The second-order valence-electron chi connectivity index (χ2n) is 10.4. The summed E-state index contributed by atoms with van der Waals surface area (Å²) in [5.41, 5.74) is 0.765. The van der Waals surface area contributed by atoms with Crippen molar-refractivity contribution in [3.05, 3.63) is 53.8 Å². The molecule has 2 aliphatic rings. The lowest BCUT2D eigenvalue weighted by Gasteiger charge is -2.27. The smallest absolute Gasteiger partial charge is 0.311 e. The third kappa shape index (κ3) is 10.00. The van der Waals surface area contributed by atoms with Crippen molar-refractivity contribution in [3.63, 3.8) is 0 Å². The fraction of sp³-hybridized carbons (Fsp3) is 0.571. The van der Waals surface area contributed by atoms with Crippen molar-refractivity contribution in [1.82, 2.24) is 15.2 Å². The van der Waals surface area contributed by atoms with Gasteiger partial charge in [-0.05, 0) is 25.3 Å². The van der Waals surface area contributed by atoms with E-state index in [1.807, 2.05) is 20.8 Å². The number of aliphatic hydroxyl groups excluding tert-OH is 1. The third-order valence-corrected chi connectivity index (χ3v) is 6.68. The highest BCUT2D eigenvalue weighted by molar-refractivity contribution is 5.92. The Morgan fingerprint density at radius 3 is 2.62 bits per heavy atom. The first-order valence-electron chi connectivity index (χ1n) is 13.1. The molecule has 3 heterocycles. The molecule has 3 rings (SSSR count). The molecule has 6 N–H and O–H groups in total. The van der Waals surface area contributed by atoms with Crippen molar-refractivity contribution in [3.8, 4) is 0 Å². The summed E-state index contributed by atoms with van der Waals surface area (Å²) in [5, 5.41) is 13.0. The number of aliphatic hydroxyl groups is 1. The lowest BCUT2D eigenvalue weighted by Crippen LogP contribution is -2.34. The number of aromatic nitrogens is 1. The molecule has 0 aromatic carbocycles. The summed E-state index contributed by atoms with van der Waals surface area (Å²) in [5.74, 6) is -1.66. The number of esters is 1. The molecular formula is C28H42FN3O8. The van der Waals surface area contributed by atoms with Gasteiger partial charge in [-0.25, -0.2) is 9.37 Å². The van der Waals surface area contributed by atoms with Crippen LogP contribution in [0.5, 0.6) is 0 Å². The van der Waals surface area contributed by atoms with Gasteiger partial charge in [0.05, 0.1) is 18.4 Å². The second kappa shape index (κ2) is 16.0. The van der Waals surface area contributed by atoms with E-state index in [1.54, 1.807) is 25.2 Å². The van der Waals surface area contributed by atoms with E-state index in [1.165, 1.54) is 23.3 Å². The summed E-state index contributed by atoms with van der Waals surface area (Å²) >= 11 is 0. The molecule has 0 spiro atoms. The zero-order valence-corrected chi connectivity index (χ0v) is 23.4. The standard InChI is InChI=1S/C28H38FN3O6.2H2O/c1-17(2)26-19(4)7-8-24(34)30-10-5-6-18(3)12-22(33)13-21(29)14-25-31-23(16-37-25)27(35)32-11-9-20(15-32)28(36)38-26;;/h5-8,12,16-17,19-22,26,33H,9-11,13-15H2,1-4H3,(H,30,34);2*1H2/b6-5+,8-7+,18-12+;;/t19-,20+,21-,22-,26-;;/m1../s1. The minimum absolute atomic E-state index is 0. The molecule has 40 heavy (non-hydrogen) atoms. The van der Waals surface area contributed by atoms with Gasteiger partial charge in [-0.15, -0.1) is 0 Å². The summed E-state index contributed by atoms with van der Waals surface area (Å²) in [6, 6.07) is 0. The molecule has 224 valence electrons. The van der Waals surface area contributed by atoms with Crippen LogP contribution in [-0.2, 0) is 20.7 Å². The van der Waals surface area contributed by atoms with Crippen LogP contribution in [0.15, 0.2) is 46.6 Å². The number of hydrogen-bond acceptors (Lipinski definition) is 7. The second-order valence-corrected chi connectivity index (χ2v) is 10.4. The molecule has 2 aliphatic heterocycles. The number of cyclic esters (lactones) is 1. The Labute approximate surface area is 233 Å². The number of rotatable bonds is 1. The van der Waals surface area contributed by atoms with Crippen molar-refractivity contribution in [2.45, 2.75) is 65.3 Å². The Hall–Kier alpha value is -3.35. The molecule has 4 bridgehead atoms. The van der Waals surface area contributed by atoms with E-state index in [0.29, 0.717) is 18.5 Å². The maximum atomic E-state index is 14.6. The monoisotopic (exact) mass is 567 g/mol. The van der Waals surface area contributed by atoms with Gasteiger partial charge >= 0.3 is 5.97 Å². The number of ether oxygens (including phenoxy) is 1. The molecule has 1 saturated heterocycles. The maximum Gasteiger partial charge on any atom is 0.311 e. The number of fused-ring (bicyclic) bond motifs is 4. The highest BCUT2D eigenvalue weighted by Crippen LogP contribution is 2.25. The van der Waals surface area contributed by atoms with Crippen LogP contribution >= 0.6 is 0 Å². The van der Waals surface area contributed by atoms with Gasteiger partial charge in [-0.2, -0.15) is 0 Å². The lowest BCUT2D eigenvalue weighted by molar-refractivity contribution is -0.157. The van der Waals surface area contributed by atoms with E-state index in [4.69, 9.17) is 9.15 Å². The number of halogens is 1. The van der Waals surface area contributed by atoms with Gasteiger partial charge in [-0.1, -0.05) is 50.6 Å². The molecule has 0 aliphatic carbocycles. The Morgan fingerprint density at radius 2 is 1.93 bits per heavy atom. The molecule has 5 atom stereocenters. The molecule has 12 heteroatoms. The summed E-state index contributed by atoms with van der Waals surface area (Å²) in [6.07, 6.45) is 6.55. The van der Waals surface area contributed by atoms with E-state index in [0.717, 1.165) is 0 Å². The predicted octanol–water partition coefficient (Wildman–Crippen LogP) is 1.51. The van der Waals surface area contributed by atoms with Gasteiger partial charge in [0, 0.05) is 32.0 Å². The molecule has 1 aromatic heterocycles. The Morgan fingerprint density at radius 1 is 1.20 bits per heavy atom. The van der Waals surface area contributed by atoms with E-state index in [2.05, 4.69) is 10.3 Å². The summed E-state index contributed by atoms with van der Waals surface area (Å²) in [7, 11) is 0. The zero-order chi connectivity index (χ0) is 27.8. The van der Waals surface area contributed by atoms with Crippen molar-refractivity contribution in [2.75, 3.05) is 19.6 Å². The van der Waals surface area contributed by atoms with E-state index < -0.39 is 30.2 Å². The normalized spacial score (nSPS) is 30.1. The molecule has 0 radical (unpaired) electrons. The van der Waals surface area contributed by atoms with Gasteiger partial charge in [-0.3, -0.25) is 14.4 Å². The van der Waals surface area contributed by atoms with Crippen molar-refractivity contribution in [2.24, 2.45) is 17.8 Å². The summed E-state index contributed by atoms with van der Waals surface area (Å²) in [4.78, 5) is 43.8. The highest BCUT2D eigenvalue weighted by atomic mass is 19.1. The Kier molecular flexibility index (Phi) is 13.9. The van der Waals surface area contributed by atoms with E-state index >= 15 is 0 Å². The largest absolute Gasteiger partial charge is 0.461 e. The SMILES string of the molecule is CC1=C\[C@@H](O)C[C@@H](F)Cc2nc(co2)C(=O)N2CC[C@@H](C2)C(=O)O[C@H](C(C)C)[C@H](C)/C=C/C(=O)NC\C=C\1.O.O. The molecule has 1 aromatic rings. The van der Waals surface area contributed by atoms with Gasteiger partial charge in [0.2, 0.25) is 5.91 Å². The molecule has 2 amide bonds. The number of hydrogen-bond donors (Lipinski definition) is 2. The zero-order valence-electron chi connectivity index (χ0n) is 23.4. The lowest BCUT2D eigenvalue weighted by atomic mass is 9.94. The van der Waals surface area contributed by atoms with Crippen molar-refractivity contribution in [1.29, 1.82) is 0 Å². The average molecular weight is 568 g/mol. The first-order valence-corrected chi connectivity index (χ1v) is 13.1.